The zero-order valence-electron chi connectivity index (χ0n) is 20.9. The second kappa shape index (κ2) is 13.8. The quantitative estimate of drug-likeness (QED) is 0.350. The van der Waals surface area contributed by atoms with Crippen molar-refractivity contribution in [3.05, 3.63) is 60.2 Å². The highest BCUT2D eigenvalue weighted by atomic mass is 19.4. The van der Waals surface area contributed by atoms with Gasteiger partial charge >= 0.3 is 12.5 Å². The summed E-state index contributed by atoms with van der Waals surface area (Å²) in [6.07, 6.45) is 0.607. The molecule has 0 spiro atoms. The van der Waals surface area contributed by atoms with E-state index >= 15 is 0 Å². The molecule has 2 aromatic rings. The van der Waals surface area contributed by atoms with Crippen molar-refractivity contribution in [1.82, 2.24) is 10.6 Å². The second-order valence-electron chi connectivity index (χ2n) is 9.36. The number of halogens is 3. The van der Waals surface area contributed by atoms with E-state index in [1.165, 1.54) is 30.7 Å². The van der Waals surface area contributed by atoms with Crippen LogP contribution in [0.25, 0.3) is 0 Å². The number of nitrogens with one attached hydrogen (secondary N) is 3. The predicted octanol–water partition coefficient (Wildman–Crippen LogP) is 5.77. The molecule has 2 aromatic carbocycles. The van der Waals surface area contributed by atoms with Crippen molar-refractivity contribution in [2.24, 2.45) is 5.92 Å². The number of benzene rings is 2. The molecule has 0 bridgehead atoms. The molecule has 0 radical (unpaired) electrons. The molecule has 0 aliphatic heterocycles. The summed E-state index contributed by atoms with van der Waals surface area (Å²) in [6.45, 7) is 2.24. The Bertz CT molecular complexity index is 981. The van der Waals surface area contributed by atoms with Crippen LogP contribution in [0.5, 0.6) is 5.75 Å². The first kappa shape index (κ1) is 28.1. The van der Waals surface area contributed by atoms with Crippen molar-refractivity contribution in [3.63, 3.8) is 0 Å². The fourth-order valence-corrected chi connectivity index (χ4v) is 4.33. The molecule has 1 saturated carbocycles. The van der Waals surface area contributed by atoms with E-state index in [1.807, 2.05) is 30.3 Å². The minimum atomic E-state index is -4.75. The first-order valence-electron chi connectivity index (χ1n) is 12.6. The fourth-order valence-electron chi connectivity index (χ4n) is 4.33. The third-order valence-corrected chi connectivity index (χ3v) is 6.20. The number of carbonyl (C=O) groups is 2. The number of rotatable bonds is 11. The molecule has 1 aliphatic rings. The van der Waals surface area contributed by atoms with Crippen molar-refractivity contribution < 1.29 is 32.2 Å². The summed E-state index contributed by atoms with van der Waals surface area (Å²) in [7, 11) is 0. The molecular weight excluding hydrogens is 487 g/mol. The average molecular weight is 522 g/mol. The van der Waals surface area contributed by atoms with E-state index in [1.54, 1.807) is 6.92 Å². The smallest absolute Gasteiger partial charge is 0.445 e. The number of alkyl halides is 3. The van der Waals surface area contributed by atoms with Gasteiger partial charge in [-0.3, -0.25) is 4.79 Å². The Morgan fingerprint density at radius 1 is 0.973 bits per heavy atom. The molecule has 2 atom stereocenters. The van der Waals surface area contributed by atoms with E-state index in [0.717, 1.165) is 31.2 Å². The van der Waals surface area contributed by atoms with Crippen LogP contribution in [-0.2, 0) is 16.1 Å². The van der Waals surface area contributed by atoms with E-state index in [4.69, 9.17) is 4.74 Å². The van der Waals surface area contributed by atoms with Crippen molar-refractivity contribution in [2.45, 2.75) is 70.5 Å². The fraction of sp³-hybridized carbons (Fsp3) is 0.481. The largest absolute Gasteiger partial charge is 0.573 e. The lowest BCUT2D eigenvalue weighted by atomic mass is 9.84. The van der Waals surface area contributed by atoms with Crippen LogP contribution in [-0.4, -0.2) is 37.0 Å². The molecule has 0 saturated heterocycles. The molecule has 7 nitrogen and oxygen atoms in total. The third-order valence-electron chi connectivity index (χ3n) is 6.20. The molecule has 1 unspecified atom stereocenters. The zero-order chi connectivity index (χ0) is 26.7. The van der Waals surface area contributed by atoms with Gasteiger partial charge in [-0.05, 0) is 49.1 Å². The Morgan fingerprint density at radius 3 is 2.30 bits per heavy atom. The number of carbonyl (C=O) groups excluding carboxylic acids is 2. The van der Waals surface area contributed by atoms with Crippen LogP contribution < -0.4 is 20.7 Å². The number of anilines is 1. The van der Waals surface area contributed by atoms with Crippen molar-refractivity contribution in [2.75, 3.05) is 11.9 Å². The summed E-state index contributed by atoms with van der Waals surface area (Å²) in [4.78, 5) is 25.6. The molecular formula is C27H34F3N3O4. The molecule has 0 aromatic heterocycles. The summed E-state index contributed by atoms with van der Waals surface area (Å²) in [5.41, 5.74) is 1.43. The van der Waals surface area contributed by atoms with E-state index in [9.17, 15) is 22.8 Å². The summed E-state index contributed by atoms with van der Waals surface area (Å²) in [5, 5.41) is 8.73. The Labute approximate surface area is 215 Å². The Morgan fingerprint density at radius 2 is 1.65 bits per heavy atom. The van der Waals surface area contributed by atoms with E-state index in [2.05, 4.69) is 20.7 Å². The van der Waals surface area contributed by atoms with Gasteiger partial charge in [-0.2, -0.15) is 0 Å². The Hall–Kier alpha value is -3.43. The predicted molar refractivity (Wildman–Crippen MR) is 134 cm³/mol. The highest BCUT2D eigenvalue weighted by Crippen LogP contribution is 2.27. The summed E-state index contributed by atoms with van der Waals surface area (Å²) < 4.78 is 46.1. The van der Waals surface area contributed by atoms with Gasteiger partial charge in [0.05, 0.1) is 0 Å². The normalized spacial score (nSPS) is 15.8. The Kier molecular flexibility index (Phi) is 10.5. The van der Waals surface area contributed by atoms with Gasteiger partial charge in [-0.15, -0.1) is 13.2 Å². The highest BCUT2D eigenvalue weighted by Gasteiger charge is 2.31. The number of ether oxygens (including phenoxy) is 2. The minimum absolute atomic E-state index is 0.109. The standard InChI is InChI=1S/C27H34F3N3O4/c1-19(17-31-22-12-14-23(15-13-22)37-27(28,29)30)32-25(34)24(16-20-8-4-2-5-9-20)33-26(35)36-18-21-10-6-3-7-11-21/h3,6-7,10-15,19-20,24,31H,2,4-5,8-9,16-18H2,1H3,(H,32,34)(H,33,35)/t19?,24-/m0/s1. The monoisotopic (exact) mass is 521 g/mol. The van der Waals surface area contributed by atoms with Gasteiger partial charge in [-0.25, -0.2) is 4.79 Å². The SMILES string of the molecule is CC(CNc1ccc(OC(F)(F)F)cc1)NC(=O)[C@H](CC1CCCCC1)NC(=O)OCc1ccccc1. The van der Waals surface area contributed by atoms with Gasteiger partial charge in [0, 0.05) is 18.3 Å². The number of hydrogen-bond donors (Lipinski definition) is 3. The van der Waals surface area contributed by atoms with Crippen molar-refractivity contribution in [3.8, 4) is 5.75 Å². The minimum Gasteiger partial charge on any atom is -0.445 e. The van der Waals surface area contributed by atoms with Gasteiger partial charge in [0.2, 0.25) is 5.91 Å². The van der Waals surface area contributed by atoms with Crippen LogP contribution in [0.2, 0.25) is 0 Å². The summed E-state index contributed by atoms with van der Waals surface area (Å²) in [5.74, 6) is -0.259. The Balaban J connectivity index is 1.51. The number of hydrogen-bond acceptors (Lipinski definition) is 5. The lowest BCUT2D eigenvalue weighted by Crippen LogP contribution is -2.51. The van der Waals surface area contributed by atoms with Crippen LogP contribution in [0.4, 0.5) is 23.7 Å². The zero-order valence-corrected chi connectivity index (χ0v) is 20.9. The summed E-state index contributed by atoms with van der Waals surface area (Å²) in [6, 6.07) is 13.6. The second-order valence-corrected chi connectivity index (χ2v) is 9.36. The van der Waals surface area contributed by atoms with Gasteiger partial charge in [0.1, 0.15) is 18.4 Å². The molecule has 202 valence electrons. The molecule has 3 N–H and O–H groups in total. The maximum Gasteiger partial charge on any atom is 0.573 e. The van der Waals surface area contributed by atoms with Crippen LogP contribution in [0, 0.1) is 5.92 Å². The van der Waals surface area contributed by atoms with Crippen LogP contribution in [0.1, 0.15) is 51.0 Å². The topological polar surface area (TPSA) is 88.7 Å². The maximum absolute atomic E-state index is 13.1. The number of alkyl carbamates (subject to hydrolysis) is 1. The molecule has 1 fully saturated rings. The van der Waals surface area contributed by atoms with E-state index in [0.29, 0.717) is 24.6 Å². The van der Waals surface area contributed by atoms with Gasteiger partial charge < -0.3 is 25.4 Å². The third kappa shape index (κ3) is 10.6. The lowest BCUT2D eigenvalue weighted by molar-refractivity contribution is -0.274. The van der Waals surface area contributed by atoms with Gasteiger partial charge in [0.15, 0.2) is 0 Å². The van der Waals surface area contributed by atoms with E-state index < -0.39 is 18.5 Å². The molecule has 3 rings (SSSR count). The van der Waals surface area contributed by atoms with Crippen molar-refractivity contribution >= 4 is 17.7 Å². The first-order chi connectivity index (χ1) is 17.7. The summed E-state index contributed by atoms with van der Waals surface area (Å²) >= 11 is 0. The first-order valence-corrected chi connectivity index (χ1v) is 12.6. The van der Waals surface area contributed by atoms with Crippen LogP contribution in [0.15, 0.2) is 54.6 Å². The van der Waals surface area contributed by atoms with Gasteiger partial charge in [0.25, 0.3) is 0 Å². The van der Waals surface area contributed by atoms with Crippen LogP contribution >= 0.6 is 0 Å². The highest BCUT2D eigenvalue weighted by molar-refractivity contribution is 5.85. The maximum atomic E-state index is 13.1. The molecule has 37 heavy (non-hydrogen) atoms. The molecule has 10 heteroatoms. The molecule has 2 amide bonds. The number of amides is 2. The van der Waals surface area contributed by atoms with E-state index in [-0.39, 0.29) is 24.3 Å². The molecule has 0 heterocycles. The lowest BCUT2D eigenvalue weighted by Gasteiger charge is -2.27. The molecule has 1 aliphatic carbocycles. The van der Waals surface area contributed by atoms with Crippen LogP contribution in [0.3, 0.4) is 0 Å². The van der Waals surface area contributed by atoms with Gasteiger partial charge in [-0.1, -0.05) is 62.4 Å². The van der Waals surface area contributed by atoms with Crippen molar-refractivity contribution in [1.29, 1.82) is 0 Å². The average Bonchev–Trinajstić information content (AvgIpc) is 2.87.